The number of halogens is 4. The first-order chi connectivity index (χ1) is 12.2. The second kappa shape index (κ2) is 8.91. The minimum Gasteiger partial charge on any atom is -0.484 e. The molecule has 0 aliphatic rings. The Hall–Kier alpha value is -2.25. The largest absolute Gasteiger partial charge is 0.484 e. The molecule has 0 aliphatic heterocycles. The van der Waals surface area contributed by atoms with Crippen LogP contribution >= 0.6 is 11.6 Å². The quantitative estimate of drug-likeness (QED) is 0.769. The second-order valence-corrected chi connectivity index (χ2v) is 6.22. The summed E-state index contributed by atoms with van der Waals surface area (Å²) in [5, 5.41) is 3.25. The molecule has 4 nitrogen and oxygen atoms in total. The number of likely N-dealkylation sites (N-methyl/N-ethyl adjacent to an activating group) is 1. The topological polar surface area (TPSA) is 41.6 Å². The predicted molar refractivity (Wildman–Crippen MR) is 94.4 cm³/mol. The fraction of sp³-hybridized carbons (Fsp3) is 0.278. The van der Waals surface area contributed by atoms with Crippen LogP contribution in [0, 0.1) is 0 Å². The van der Waals surface area contributed by atoms with Gasteiger partial charge in [0.05, 0.1) is 6.54 Å². The van der Waals surface area contributed by atoms with E-state index >= 15 is 0 Å². The van der Waals surface area contributed by atoms with Gasteiger partial charge in [0.15, 0.2) is 6.61 Å². The lowest BCUT2D eigenvalue weighted by Gasteiger charge is -2.17. The average molecular weight is 387 g/mol. The number of benzene rings is 2. The molecule has 0 saturated carbocycles. The number of nitrogens with zero attached hydrogens (tertiary/aromatic N) is 1. The Morgan fingerprint density at radius 2 is 1.92 bits per heavy atom. The third kappa shape index (κ3) is 7.33. The van der Waals surface area contributed by atoms with E-state index in [4.69, 9.17) is 16.3 Å². The van der Waals surface area contributed by atoms with Gasteiger partial charge in [-0.1, -0.05) is 29.8 Å². The molecule has 1 N–H and O–H groups in total. The van der Waals surface area contributed by atoms with E-state index in [0.717, 1.165) is 5.56 Å². The van der Waals surface area contributed by atoms with Crippen molar-refractivity contribution in [3.05, 3.63) is 59.1 Å². The minimum atomic E-state index is -4.38. The van der Waals surface area contributed by atoms with Crippen molar-refractivity contribution in [2.75, 3.05) is 25.5 Å². The van der Waals surface area contributed by atoms with Crippen LogP contribution in [0.3, 0.4) is 0 Å². The first kappa shape index (κ1) is 20.1. The van der Waals surface area contributed by atoms with E-state index in [9.17, 15) is 18.0 Å². The zero-order valence-electron chi connectivity index (χ0n) is 14.0. The standard InChI is InChI=1S/C18H18ClF3N2O2/c1-24(11-17(25)23-15-6-3-5-14(19)9-15)10-13-4-2-7-16(8-13)26-12-18(20,21)22/h2-9H,10-12H2,1H3,(H,23,25). The lowest BCUT2D eigenvalue weighted by Crippen LogP contribution is -2.29. The van der Waals surface area contributed by atoms with Gasteiger partial charge in [-0.05, 0) is 42.9 Å². The molecule has 0 radical (unpaired) electrons. The zero-order valence-corrected chi connectivity index (χ0v) is 14.8. The van der Waals surface area contributed by atoms with Gasteiger partial charge >= 0.3 is 6.18 Å². The summed E-state index contributed by atoms with van der Waals surface area (Å²) < 4.78 is 41.4. The monoisotopic (exact) mass is 386 g/mol. The number of hydrogen-bond donors (Lipinski definition) is 1. The maximum Gasteiger partial charge on any atom is 0.422 e. The molecule has 0 aliphatic carbocycles. The Morgan fingerprint density at radius 1 is 1.19 bits per heavy atom. The van der Waals surface area contributed by atoms with Crippen molar-refractivity contribution in [1.29, 1.82) is 0 Å². The van der Waals surface area contributed by atoms with Gasteiger partial charge in [-0.2, -0.15) is 13.2 Å². The molecule has 0 atom stereocenters. The van der Waals surface area contributed by atoms with Crippen molar-refractivity contribution in [2.45, 2.75) is 12.7 Å². The van der Waals surface area contributed by atoms with Gasteiger partial charge in [0.1, 0.15) is 5.75 Å². The number of carbonyl (C=O) groups is 1. The van der Waals surface area contributed by atoms with Gasteiger partial charge in [-0.3, -0.25) is 9.69 Å². The molecule has 0 aromatic heterocycles. The smallest absolute Gasteiger partial charge is 0.422 e. The SMILES string of the molecule is CN(CC(=O)Nc1cccc(Cl)c1)Cc1cccc(OCC(F)(F)F)c1. The maximum atomic E-state index is 12.2. The van der Waals surface area contributed by atoms with E-state index in [1.54, 1.807) is 48.3 Å². The van der Waals surface area contributed by atoms with Crippen molar-refractivity contribution in [2.24, 2.45) is 0 Å². The first-order valence-electron chi connectivity index (χ1n) is 7.74. The van der Waals surface area contributed by atoms with Crippen LogP contribution in [0.1, 0.15) is 5.56 Å². The van der Waals surface area contributed by atoms with Crippen LogP contribution in [0.15, 0.2) is 48.5 Å². The molecule has 0 spiro atoms. The number of ether oxygens (including phenoxy) is 1. The van der Waals surface area contributed by atoms with Crippen LogP contribution in [-0.4, -0.2) is 37.2 Å². The van der Waals surface area contributed by atoms with Crippen molar-refractivity contribution in [3.8, 4) is 5.75 Å². The molecule has 0 saturated heterocycles. The summed E-state index contributed by atoms with van der Waals surface area (Å²) in [5.74, 6) is -0.0872. The highest BCUT2D eigenvalue weighted by Crippen LogP contribution is 2.20. The Bertz CT molecular complexity index is 753. The van der Waals surface area contributed by atoms with Crippen molar-refractivity contribution < 1.29 is 22.7 Å². The third-order valence-electron chi connectivity index (χ3n) is 3.28. The number of alkyl halides is 3. The van der Waals surface area contributed by atoms with Gasteiger partial charge in [-0.15, -0.1) is 0 Å². The number of carbonyl (C=O) groups excluding carboxylic acids is 1. The van der Waals surface area contributed by atoms with Crippen molar-refractivity contribution in [1.82, 2.24) is 4.90 Å². The summed E-state index contributed by atoms with van der Waals surface area (Å²) in [6.07, 6.45) is -4.38. The minimum absolute atomic E-state index is 0.111. The molecule has 2 aromatic carbocycles. The second-order valence-electron chi connectivity index (χ2n) is 5.78. The normalized spacial score (nSPS) is 11.5. The van der Waals surface area contributed by atoms with E-state index in [2.05, 4.69) is 5.32 Å². The number of nitrogens with one attached hydrogen (secondary N) is 1. The predicted octanol–water partition coefficient (Wildman–Crippen LogP) is 4.35. The Kier molecular flexibility index (Phi) is 6.88. The highest BCUT2D eigenvalue weighted by molar-refractivity contribution is 6.30. The Labute approximate surface area is 154 Å². The molecule has 26 heavy (non-hydrogen) atoms. The number of hydrogen-bond acceptors (Lipinski definition) is 3. The fourth-order valence-corrected chi connectivity index (χ4v) is 2.47. The molecule has 1 amide bonds. The van der Waals surface area contributed by atoms with Gasteiger partial charge in [-0.25, -0.2) is 0 Å². The van der Waals surface area contributed by atoms with Gasteiger partial charge in [0.25, 0.3) is 0 Å². The summed E-state index contributed by atoms with van der Waals surface area (Å²) in [4.78, 5) is 13.8. The van der Waals surface area contributed by atoms with E-state index in [-0.39, 0.29) is 18.2 Å². The van der Waals surface area contributed by atoms with Crippen molar-refractivity contribution in [3.63, 3.8) is 0 Å². The van der Waals surface area contributed by atoms with Crippen LogP contribution in [0.5, 0.6) is 5.75 Å². The molecule has 0 unspecified atom stereocenters. The first-order valence-corrected chi connectivity index (χ1v) is 8.11. The summed E-state index contributed by atoms with van der Waals surface area (Å²) in [5.41, 5.74) is 1.33. The van der Waals surface area contributed by atoms with E-state index < -0.39 is 12.8 Å². The Balaban J connectivity index is 1.87. The molecule has 0 bridgehead atoms. The highest BCUT2D eigenvalue weighted by atomic mass is 35.5. The van der Waals surface area contributed by atoms with Gasteiger partial charge in [0, 0.05) is 17.3 Å². The molecular weight excluding hydrogens is 369 g/mol. The number of amides is 1. The van der Waals surface area contributed by atoms with Crippen LogP contribution in [0.4, 0.5) is 18.9 Å². The van der Waals surface area contributed by atoms with Crippen LogP contribution in [0.2, 0.25) is 5.02 Å². The number of anilines is 1. The molecular formula is C18H18ClF3N2O2. The molecule has 0 heterocycles. The summed E-state index contributed by atoms with van der Waals surface area (Å²) in [7, 11) is 1.74. The summed E-state index contributed by atoms with van der Waals surface area (Å²) in [6, 6.07) is 13.2. The zero-order chi connectivity index (χ0) is 19.2. The Morgan fingerprint density at radius 3 is 2.62 bits per heavy atom. The molecule has 8 heteroatoms. The van der Waals surface area contributed by atoms with E-state index in [1.807, 2.05) is 0 Å². The molecule has 140 valence electrons. The van der Waals surface area contributed by atoms with Gasteiger partial charge < -0.3 is 10.1 Å². The molecule has 0 fully saturated rings. The van der Waals surface area contributed by atoms with Crippen LogP contribution < -0.4 is 10.1 Å². The third-order valence-corrected chi connectivity index (χ3v) is 3.51. The maximum absolute atomic E-state index is 12.2. The highest BCUT2D eigenvalue weighted by Gasteiger charge is 2.28. The fourth-order valence-electron chi connectivity index (χ4n) is 2.28. The molecule has 2 aromatic rings. The van der Waals surface area contributed by atoms with Gasteiger partial charge in [0.2, 0.25) is 5.91 Å². The van der Waals surface area contributed by atoms with Crippen LogP contribution in [-0.2, 0) is 11.3 Å². The van der Waals surface area contributed by atoms with Crippen LogP contribution in [0.25, 0.3) is 0 Å². The molecule has 2 rings (SSSR count). The number of rotatable bonds is 7. The van der Waals surface area contributed by atoms with E-state index in [0.29, 0.717) is 17.3 Å². The summed E-state index contributed by atoms with van der Waals surface area (Å²) >= 11 is 5.87. The average Bonchev–Trinajstić information content (AvgIpc) is 2.52. The van der Waals surface area contributed by atoms with Crippen molar-refractivity contribution >= 4 is 23.2 Å². The lowest BCUT2D eigenvalue weighted by molar-refractivity contribution is -0.153. The van der Waals surface area contributed by atoms with E-state index in [1.165, 1.54) is 12.1 Å². The lowest BCUT2D eigenvalue weighted by atomic mass is 10.2. The summed E-state index contributed by atoms with van der Waals surface area (Å²) in [6.45, 7) is -0.847.